The smallest absolute Gasteiger partial charge is 0.254 e. The second-order valence-corrected chi connectivity index (χ2v) is 7.82. The van der Waals surface area contributed by atoms with E-state index in [1.165, 1.54) is 24.3 Å². The number of halogens is 1. The van der Waals surface area contributed by atoms with Gasteiger partial charge in [-0.15, -0.1) is 0 Å². The molecule has 2 fully saturated rings. The van der Waals surface area contributed by atoms with Crippen LogP contribution in [0.4, 0.5) is 10.1 Å². The number of anilines is 1. The minimum Gasteiger partial charge on any atom is -0.349 e. The van der Waals surface area contributed by atoms with E-state index in [9.17, 15) is 18.8 Å². The van der Waals surface area contributed by atoms with Crippen LogP contribution in [-0.4, -0.2) is 40.7 Å². The van der Waals surface area contributed by atoms with Gasteiger partial charge in [-0.1, -0.05) is 31.0 Å². The van der Waals surface area contributed by atoms with Crippen molar-refractivity contribution in [1.82, 2.24) is 10.2 Å². The predicted molar refractivity (Wildman–Crippen MR) is 110 cm³/mol. The van der Waals surface area contributed by atoms with Crippen LogP contribution >= 0.6 is 0 Å². The summed E-state index contributed by atoms with van der Waals surface area (Å²) in [6.07, 6.45) is 3.35. The summed E-state index contributed by atoms with van der Waals surface area (Å²) in [5, 5.41) is 5.79. The normalized spacial score (nSPS) is 23.3. The van der Waals surface area contributed by atoms with Gasteiger partial charge in [0.2, 0.25) is 11.8 Å². The molecule has 30 heavy (non-hydrogen) atoms. The van der Waals surface area contributed by atoms with Gasteiger partial charge in [0.15, 0.2) is 0 Å². The van der Waals surface area contributed by atoms with Gasteiger partial charge in [-0.05, 0) is 49.2 Å². The topological polar surface area (TPSA) is 78.5 Å². The molecule has 1 saturated heterocycles. The number of carbonyl (C=O) groups is 3. The molecule has 0 radical (unpaired) electrons. The monoisotopic (exact) mass is 409 g/mol. The van der Waals surface area contributed by atoms with Crippen molar-refractivity contribution in [2.24, 2.45) is 0 Å². The summed E-state index contributed by atoms with van der Waals surface area (Å²) < 4.78 is 13.3. The van der Waals surface area contributed by atoms with Crippen molar-refractivity contribution in [3.63, 3.8) is 0 Å². The predicted octanol–water partition coefficient (Wildman–Crippen LogP) is 3.11. The highest BCUT2D eigenvalue weighted by Crippen LogP contribution is 2.31. The van der Waals surface area contributed by atoms with Crippen molar-refractivity contribution in [2.45, 2.75) is 50.2 Å². The molecule has 1 saturated carbocycles. The van der Waals surface area contributed by atoms with Crippen LogP contribution in [0.5, 0.6) is 0 Å². The molecule has 1 aliphatic heterocycles. The number of amides is 3. The number of hydrogen-bond donors (Lipinski definition) is 2. The first kappa shape index (κ1) is 20.1. The van der Waals surface area contributed by atoms with Gasteiger partial charge in [0.25, 0.3) is 5.91 Å². The van der Waals surface area contributed by atoms with Crippen molar-refractivity contribution < 1.29 is 18.8 Å². The maximum absolute atomic E-state index is 13.4. The molecule has 2 aliphatic rings. The highest BCUT2D eigenvalue weighted by atomic mass is 19.1. The number of hydrogen-bond acceptors (Lipinski definition) is 3. The van der Waals surface area contributed by atoms with Crippen LogP contribution in [0.1, 0.15) is 42.5 Å². The molecule has 6 nitrogen and oxygen atoms in total. The van der Waals surface area contributed by atoms with E-state index in [0.29, 0.717) is 11.3 Å². The zero-order valence-corrected chi connectivity index (χ0v) is 16.5. The molecule has 4 rings (SSSR count). The summed E-state index contributed by atoms with van der Waals surface area (Å²) in [7, 11) is 0. The minimum atomic E-state index is -0.911. The molecule has 2 N–H and O–H groups in total. The number of fused-ring (bicyclic) bond motifs is 1. The van der Waals surface area contributed by atoms with E-state index in [1.807, 2.05) is 6.07 Å². The van der Waals surface area contributed by atoms with Gasteiger partial charge in [0.1, 0.15) is 11.9 Å². The molecular weight excluding hydrogens is 385 g/mol. The molecule has 3 atom stereocenters. The summed E-state index contributed by atoms with van der Waals surface area (Å²) in [5.74, 6) is -1.44. The van der Waals surface area contributed by atoms with E-state index in [2.05, 4.69) is 10.6 Å². The summed E-state index contributed by atoms with van der Waals surface area (Å²) >= 11 is 0. The summed E-state index contributed by atoms with van der Waals surface area (Å²) in [5.41, 5.74) is 0.939. The lowest BCUT2D eigenvalue weighted by Crippen LogP contribution is -2.68. The summed E-state index contributed by atoms with van der Waals surface area (Å²) in [6.45, 7) is 0. The molecule has 2 aromatic carbocycles. The van der Waals surface area contributed by atoms with Crippen LogP contribution in [0, 0.1) is 5.82 Å². The first-order valence-electron chi connectivity index (χ1n) is 10.3. The van der Waals surface area contributed by atoms with Crippen LogP contribution < -0.4 is 10.6 Å². The Morgan fingerprint density at radius 3 is 2.47 bits per heavy atom. The Balaban J connectivity index is 1.60. The average Bonchev–Trinajstić information content (AvgIpc) is 2.75. The lowest BCUT2D eigenvalue weighted by atomic mass is 9.84. The molecule has 2 aromatic rings. The largest absolute Gasteiger partial charge is 0.349 e. The first-order chi connectivity index (χ1) is 14.5. The second kappa shape index (κ2) is 8.65. The van der Waals surface area contributed by atoms with E-state index in [0.717, 1.165) is 25.7 Å². The average molecular weight is 409 g/mol. The molecule has 0 unspecified atom stereocenters. The van der Waals surface area contributed by atoms with Crippen LogP contribution in [0.15, 0.2) is 54.6 Å². The third-order valence-electron chi connectivity index (χ3n) is 5.81. The van der Waals surface area contributed by atoms with Gasteiger partial charge in [0, 0.05) is 17.3 Å². The maximum atomic E-state index is 13.4. The summed E-state index contributed by atoms with van der Waals surface area (Å²) in [6, 6.07) is 13.1. The Morgan fingerprint density at radius 1 is 1.03 bits per heavy atom. The lowest BCUT2D eigenvalue weighted by molar-refractivity contribution is -0.135. The molecule has 1 aliphatic carbocycles. The van der Waals surface area contributed by atoms with Crippen molar-refractivity contribution >= 4 is 23.4 Å². The number of benzene rings is 2. The van der Waals surface area contributed by atoms with Crippen LogP contribution in [0.25, 0.3) is 0 Å². The quantitative estimate of drug-likeness (QED) is 0.815. The molecule has 0 spiro atoms. The Kier molecular flexibility index (Phi) is 5.79. The van der Waals surface area contributed by atoms with Crippen molar-refractivity contribution in [3.8, 4) is 0 Å². The zero-order valence-electron chi connectivity index (χ0n) is 16.5. The van der Waals surface area contributed by atoms with E-state index in [4.69, 9.17) is 0 Å². The van der Waals surface area contributed by atoms with E-state index < -0.39 is 11.9 Å². The van der Waals surface area contributed by atoms with Gasteiger partial charge < -0.3 is 15.5 Å². The molecule has 0 aromatic heterocycles. The van der Waals surface area contributed by atoms with Gasteiger partial charge >= 0.3 is 0 Å². The Bertz CT molecular complexity index is 932. The number of piperazine rings is 1. The zero-order chi connectivity index (χ0) is 21.1. The van der Waals surface area contributed by atoms with Gasteiger partial charge in [0.05, 0.1) is 12.5 Å². The number of carbonyl (C=O) groups excluding carboxylic acids is 3. The van der Waals surface area contributed by atoms with Crippen molar-refractivity contribution in [3.05, 3.63) is 66.0 Å². The molecule has 1 heterocycles. The fourth-order valence-electron chi connectivity index (χ4n) is 4.38. The second-order valence-electron chi connectivity index (χ2n) is 7.82. The SMILES string of the molecule is O=C(C[C@@H]1C(=O)N[C@H]2CCCC[C@H]2N1C(=O)c1ccc(F)cc1)Nc1ccccc1. The van der Waals surface area contributed by atoms with Gasteiger partial charge in [-0.25, -0.2) is 4.39 Å². The van der Waals surface area contributed by atoms with Crippen LogP contribution in [0.2, 0.25) is 0 Å². The number of nitrogens with one attached hydrogen (secondary N) is 2. The summed E-state index contributed by atoms with van der Waals surface area (Å²) in [4.78, 5) is 40.5. The standard InChI is InChI=1S/C23H24FN3O3/c24-16-12-10-15(11-13-16)23(30)27-19-9-5-4-8-18(19)26-22(29)20(27)14-21(28)25-17-6-2-1-3-7-17/h1-3,6-7,10-13,18-20H,4-5,8-9,14H2,(H,25,28)(H,26,29)/t18-,19+,20+/m0/s1. The van der Waals surface area contributed by atoms with Crippen LogP contribution in [0.3, 0.4) is 0 Å². The molecule has 3 amide bonds. The highest BCUT2D eigenvalue weighted by molar-refractivity contribution is 6.01. The Morgan fingerprint density at radius 2 is 1.73 bits per heavy atom. The van der Waals surface area contributed by atoms with Crippen LogP contribution in [-0.2, 0) is 9.59 Å². The molecule has 156 valence electrons. The highest BCUT2D eigenvalue weighted by Gasteiger charge is 2.46. The molecule has 0 bridgehead atoms. The van der Waals surface area contributed by atoms with E-state index in [-0.39, 0.29) is 36.2 Å². The maximum Gasteiger partial charge on any atom is 0.254 e. The van der Waals surface area contributed by atoms with E-state index in [1.54, 1.807) is 29.2 Å². The van der Waals surface area contributed by atoms with E-state index >= 15 is 0 Å². The Labute approximate surface area is 174 Å². The lowest BCUT2D eigenvalue weighted by Gasteiger charge is -2.48. The number of rotatable bonds is 4. The van der Waals surface area contributed by atoms with Crippen molar-refractivity contribution in [1.29, 1.82) is 0 Å². The number of nitrogens with zero attached hydrogens (tertiary/aromatic N) is 1. The minimum absolute atomic E-state index is 0.121. The third kappa shape index (κ3) is 4.20. The Hall–Kier alpha value is -3.22. The van der Waals surface area contributed by atoms with Gasteiger partial charge in [-0.3, -0.25) is 14.4 Å². The molecular formula is C23H24FN3O3. The van der Waals surface area contributed by atoms with Gasteiger partial charge in [-0.2, -0.15) is 0 Å². The first-order valence-corrected chi connectivity index (χ1v) is 10.3. The fraction of sp³-hybridized carbons (Fsp3) is 0.348. The third-order valence-corrected chi connectivity index (χ3v) is 5.81. The number of para-hydroxylation sites is 1. The van der Waals surface area contributed by atoms with Crippen molar-refractivity contribution in [2.75, 3.05) is 5.32 Å². The molecule has 7 heteroatoms. The fourth-order valence-corrected chi connectivity index (χ4v) is 4.38.